The van der Waals surface area contributed by atoms with Gasteiger partial charge in [-0.1, -0.05) is 28.1 Å². The number of nitro groups is 1. The van der Waals surface area contributed by atoms with Crippen molar-refractivity contribution in [3.8, 4) is 5.75 Å². The van der Waals surface area contributed by atoms with Crippen molar-refractivity contribution in [1.82, 2.24) is 0 Å². The van der Waals surface area contributed by atoms with Crippen molar-refractivity contribution in [2.45, 2.75) is 6.61 Å². The van der Waals surface area contributed by atoms with Crippen molar-refractivity contribution in [3.05, 3.63) is 68.4 Å². The number of nitro benzene ring substituents is 1. The molecule has 98 valence electrons. The number of hydrogen-bond acceptors (Lipinski definition) is 3. The summed E-state index contributed by atoms with van der Waals surface area (Å²) in [7, 11) is 0. The van der Waals surface area contributed by atoms with E-state index < -0.39 is 16.4 Å². The molecule has 0 amide bonds. The molecule has 2 aromatic rings. The third kappa shape index (κ3) is 3.51. The van der Waals surface area contributed by atoms with Crippen molar-refractivity contribution >= 4 is 21.6 Å². The Bertz CT molecular complexity index is 601. The monoisotopic (exact) mass is 325 g/mol. The van der Waals surface area contributed by atoms with Crippen LogP contribution in [0.1, 0.15) is 5.56 Å². The van der Waals surface area contributed by atoms with Gasteiger partial charge in [0.15, 0.2) is 0 Å². The molecule has 6 heteroatoms. The van der Waals surface area contributed by atoms with E-state index in [4.69, 9.17) is 4.74 Å². The lowest BCUT2D eigenvalue weighted by molar-refractivity contribution is -0.387. The number of nitrogens with zero attached hydrogens (tertiary/aromatic N) is 1. The van der Waals surface area contributed by atoms with E-state index in [1.807, 2.05) is 24.3 Å². The lowest BCUT2D eigenvalue weighted by atomic mass is 10.2. The zero-order valence-corrected chi connectivity index (χ0v) is 11.3. The van der Waals surface area contributed by atoms with Crippen LogP contribution in [0.25, 0.3) is 0 Å². The summed E-state index contributed by atoms with van der Waals surface area (Å²) < 4.78 is 19.7. The van der Waals surface area contributed by atoms with Crippen LogP contribution < -0.4 is 4.74 Å². The lowest BCUT2D eigenvalue weighted by Crippen LogP contribution is -1.97. The van der Waals surface area contributed by atoms with Crippen molar-refractivity contribution in [3.63, 3.8) is 0 Å². The fourth-order valence-corrected chi connectivity index (χ4v) is 1.74. The summed E-state index contributed by atoms with van der Waals surface area (Å²) in [5, 5.41) is 10.5. The maximum atomic E-state index is 13.4. The molecule has 0 heterocycles. The molecule has 0 N–H and O–H groups in total. The zero-order valence-electron chi connectivity index (χ0n) is 9.68. The summed E-state index contributed by atoms with van der Waals surface area (Å²) >= 11 is 3.32. The van der Waals surface area contributed by atoms with Crippen LogP contribution in [0.15, 0.2) is 46.9 Å². The molecule has 0 atom stereocenters. The van der Waals surface area contributed by atoms with E-state index in [1.54, 1.807) is 0 Å². The standard InChI is InChI=1S/C13H9BrFNO3/c14-10-3-1-9(2-4-10)8-19-11-5-6-13(16(17)18)12(15)7-11/h1-7H,8H2. The summed E-state index contributed by atoms with van der Waals surface area (Å²) in [5.41, 5.74) is 0.359. The molecular weight excluding hydrogens is 317 g/mol. The largest absolute Gasteiger partial charge is 0.489 e. The molecular formula is C13H9BrFNO3. The number of ether oxygens (including phenoxy) is 1. The molecule has 2 rings (SSSR count). The Kier molecular flexibility index (Phi) is 4.11. The van der Waals surface area contributed by atoms with Crippen LogP contribution in [0, 0.1) is 15.9 Å². The summed E-state index contributed by atoms with van der Waals surface area (Å²) in [4.78, 5) is 9.69. The third-order valence-corrected chi connectivity index (χ3v) is 2.96. The van der Waals surface area contributed by atoms with Gasteiger partial charge in [-0.05, 0) is 23.8 Å². The Labute approximate surface area is 117 Å². The summed E-state index contributed by atoms with van der Waals surface area (Å²) in [6.07, 6.45) is 0. The molecule has 0 fully saturated rings. The van der Waals surface area contributed by atoms with E-state index in [0.717, 1.165) is 22.2 Å². The molecule has 0 saturated carbocycles. The van der Waals surface area contributed by atoms with Gasteiger partial charge in [0.05, 0.1) is 4.92 Å². The molecule has 19 heavy (non-hydrogen) atoms. The minimum atomic E-state index is -0.904. The molecule has 0 unspecified atom stereocenters. The minimum absolute atomic E-state index is 0.256. The highest BCUT2D eigenvalue weighted by molar-refractivity contribution is 9.10. The van der Waals surface area contributed by atoms with Gasteiger partial charge >= 0.3 is 5.69 Å². The topological polar surface area (TPSA) is 52.4 Å². The molecule has 4 nitrogen and oxygen atoms in total. The molecule has 0 aliphatic rings. The first-order chi connectivity index (χ1) is 9.06. The molecule has 2 aromatic carbocycles. The van der Waals surface area contributed by atoms with Crippen LogP contribution >= 0.6 is 15.9 Å². The van der Waals surface area contributed by atoms with Crippen molar-refractivity contribution in [2.75, 3.05) is 0 Å². The van der Waals surface area contributed by atoms with Crippen LogP contribution in [0.4, 0.5) is 10.1 Å². The van der Waals surface area contributed by atoms with Crippen LogP contribution in [-0.4, -0.2) is 4.92 Å². The van der Waals surface area contributed by atoms with Gasteiger partial charge in [0.2, 0.25) is 5.82 Å². The van der Waals surface area contributed by atoms with Crippen molar-refractivity contribution in [2.24, 2.45) is 0 Å². The number of hydrogen-bond donors (Lipinski definition) is 0. The highest BCUT2D eigenvalue weighted by Crippen LogP contribution is 2.23. The van der Waals surface area contributed by atoms with E-state index in [0.29, 0.717) is 0 Å². The number of benzene rings is 2. The Hall–Kier alpha value is -1.95. The highest BCUT2D eigenvalue weighted by atomic mass is 79.9. The highest BCUT2D eigenvalue weighted by Gasteiger charge is 2.14. The van der Waals surface area contributed by atoms with E-state index in [9.17, 15) is 14.5 Å². The van der Waals surface area contributed by atoms with Gasteiger partial charge < -0.3 is 4.74 Å². The predicted octanol–water partition coefficient (Wildman–Crippen LogP) is 4.08. The van der Waals surface area contributed by atoms with E-state index in [1.165, 1.54) is 6.07 Å². The van der Waals surface area contributed by atoms with Gasteiger partial charge in [0.1, 0.15) is 12.4 Å². The van der Waals surface area contributed by atoms with Crippen LogP contribution in [0.3, 0.4) is 0 Å². The summed E-state index contributed by atoms with van der Waals surface area (Å²) in [6.45, 7) is 0.268. The smallest absolute Gasteiger partial charge is 0.305 e. The van der Waals surface area contributed by atoms with Crippen molar-refractivity contribution < 1.29 is 14.1 Å². The minimum Gasteiger partial charge on any atom is -0.489 e. The second-order valence-electron chi connectivity index (χ2n) is 3.79. The third-order valence-electron chi connectivity index (χ3n) is 2.43. The lowest BCUT2D eigenvalue weighted by Gasteiger charge is -2.06. The van der Waals surface area contributed by atoms with E-state index in [-0.39, 0.29) is 12.4 Å². The molecule has 0 saturated heterocycles. The fraction of sp³-hybridized carbons (Fsp3) is 0.0769. The molecule has 0 bridgehead atoms. The Morgan fingerprint density at radius 3 is 2.47 bits per heavy atom. The summed E-state index contributed by atoms with van der Waals surface area (Å²) in [6, 6.07) is 10.9. The maximum Gasteiger partial charge on any atom is 0.305 e. The maximum absolute atomic E-state index is 13.4. The van der Waals surface area contributed by atoms with E-state index >= 15 is 0 Å². The van der Waals surface area contributed by atoms with Crippen molar-refractivity contribution in [1.29, 1.82) is 0 Å². The van der Waals surface area contributed by atoms with Gasteiger partial charge in [-0.25, -0.2) is 0 Å². The SMILES string of the molecule is O=[N+]([O-])c1ccc(OCc2ccc(Br)cc2)cc1F. The van der Waals surface area contributed by atoms with Gasteiger partial charge in [-0.15, -0.1) is 0 Å². The Balaban J connectivity index is 2.06. The Morgan fingerprint density at radius 2 is 1.89 bits per heavy atom. The number of halogens is 2. The number of rotatable bonds is 4. The molecule has 0 aliphatic heterocycles. The van der Waals surface area contributed by atoms with Crippen LogP contribution in [0.5, 0.6) is 5.75 Å². The molecule has 0 radical (unpaired) electrons. The second-order valence-corrected chi connectivity index (χ2v) is 4.70. The molecule has 0 aromatic heterocycles. The Morgan fingerprint density at radius 1 is 1.21 bits per heavy atom. The molecule has 0 spiro atoms. The first-order valence-electron chi connectivity index (χ1n) is 5.37. The quantitative estimate of drug-likeness (QED) is 0.628. The van der Waals surface area contributed by atoms with Crippen LogP contribution in [-0.2, 0) is 6.61 Å². The van der Waals surface area contributed by atoms with Crippen LogP contribution in [0.2, 0.25) is 0 Å². The van der Waals surface area contributed by atoms with Gasteiger partial charge in [0.25, 0.3) is 0 Å². The average Bonchev–Trinajstić information content (AvgIpc) is 2.37. The fourth-order valence-electron chi connectivity index (χ4n) is 1.47. The first-order valence-corrected chi connectivity index (χ1v) is 6.17. The van der Waals surface area contributed by atoms with Gasteiger partial charge in [0, 0.05) is 16.6 Å². The zero-order chi connectivity index (χ0) is 13.8. The normalized spacial score (nSPS) is 10.2. The van der Waals surface area contributed by atoms with Gasteiger partial charge in [-0.3, -0.25) is 10.1 Å². The first kappa shape index (κ1) is 13.5. The molecule has 0 aliphatic carbocycles. The van der Waals surface area contributed by atoms with E-state index in [2.05, 4.69) is 15.9 Å². The van der Waals surface area contributed by atoms with Gasteiger partial charge in [-0.2, -0.15) is 4.39 Å². The summed E-state index contributed by atoms with van der Waals surface area (Å²) in [5.74, 6) is -0.649. The average molecular weight is 326 g/mol. The second kappa shape index (κ2) is 5.79. The predicted molar refractivity (Wildman–Crippen MR) is 71.5 cm³/mol.